The van der Waals surface area contributed by atoms with E-state index in [2.05, 4.69) is 338 Å². The van der Waals surface area contributed by atoms with E-state index in [9.17, 15) is 0 Å². The van der Waals surface area contributed by atoms with Crippen LogP contribution in [0.2, 0.25) is 0 Å². The van der Waals surface area contributed by atoms with Crippen molar-refractivity contribution in [2.45, 2.75) is 116 Å². The van der Waals surface area contributed by atoms with Crippen LogP contribution in [0.25, 0.3) is 66.8 Å². The molecule has 0 N–H and O–H groups in total. The molecule has 0 spiro atoms. The van der Waals surface area contributed by atoms with E-state index in [1.54, 1.807) is 0 Å². The number of hydrogen-bond acceptors (Lipinski definition) is 0. The summed E-state index contributed by atoms with van der Waals surface area (Å²) in [5.74, 6) is 0. The molecule has 0 amide bonds. The van der Waals surface area contributed by atoms with Crippen LogP contribution in [0.4, 0.5) is 0 Å². The Balaban J connectivity index is 0.977. The van der Waals surface area contributed by atoms with E-state index < -0.39 is 32.5 Å². The fourth-order valence-electron chi connectivity index (χ4n) is 20.2. The average molecular weight is 1230 g/mol. The highest BCUT2D eigenvalue weighted by Gasteiger charge is 2.58. The van der Waals surface area contributed by atoms with Crippen LogP contribution in [0.1, 0.15) is 175 Å². The van der Waals surface area contributed by atoms with E-state index in [-0.39, 0.29) is 0 Å². The second-order valence-corrected chi connectivity index (χ2v) is 31.0. The van der Waals surface area contributed by atoms with Crippen molar-refractivity contribution in [3.05, 3.63) is 388 Å². The summed E-state index contributed by atoms with van der Waals surface area (Å²) in [6, 6.07) is 101. The number of hydrogen-bond donors (Lipinski definition) is 0. The van der Waals surface area contributed by atoms with Gasteiger partial charge in [0.1, 0.15) is 0 Å². The topological polar surface area (TPSA) is 0 Å². The van der Waals surface area contributed by atoms with Gasteiger partial charge in [-0.25, -0.2) is 0 Å². The fourth-order valence-corrected chi connectivity index (χ4v) is 20.2. The van der Waals surface area contributed by atoms with E-state index in [1.807, 2.05) is 0 Å². The molecule has 6 aliphatic rings. The molecule has 19 rings (SSSR count). The minimum absolute atomic E-state index is 0.410. The van der Waals surface area contributed by atoms with Gasteiger partial charge in [-0.3, -0.25) is 0 Å². The van der Waals surface area contributed by atoms with E-state index in [1.165, 1.54) is 200 Å². The Hall–Kier alpha value is -10.1. The molecule has 6 aliphatic carbocycles. The third kappa shape index (κ3) is 7.00. The molecule has 0 heterocycles. The Morgan fingerprint density at radius 2 is 0.385 bits per heavy atom. The van der Waals surface area contributed by atoms with E-state index in [0.29, 0.717) is 0 Å². The molecule has 0 atom stereocenters. The number of benzene rings is 13. The van der Waals surface area contributed by atoms with Gasteiger partial charge < -0.3 is 0 Å². The van der Waals surface area contributed by atoms with E-state index >= 15 is 0 Å². The highest BCUT2D eigenvalue weighted by Crippen LogP contribution is 2.72. The monoisotopic (exact) mass is 1230 g/mol. The summed E-state index contributed by atoms with van der Waals surface area (Å²) < 4.78 is 0. The molecule has 0 aromatic heterocycles. The SMILES string of the molecule is Cc1ccc(C2(c3ccc(C)cc3)c3ccccc3-c3cc4c(cc32)-c2c3c(c5c(c2C4(C)C)-c2cc4c(cc2C5(C)C)-c2ccccc2C4(c2ccc(C)cc2)c2ccc(C)cc2)C(C)(C)c2cc4c(cc2-3)C(c2ccc(C)cc2)(c2ccc(C)cc2)c2ccccc2-4)cc1. The molecule has 13 aromatic rings. The van der Waals surface area contributed by atoms with Gasteiger partial charge in [0.15, 0.2) is 0 Å². The van der Waals surface area contributed by atoms with Gasteiger partial charge in [-0.15, -0.1) is 0 Å². The van der Waals surface area contributed by atoms with Crippen molar-refractivity contribution in [1.29, 1.82) is 0 Å². The summed E-state index contributed by atoms with van der Waals surface area (Å²) in [7, 11) is 0. The number of rotatable bonds is 6. The quantitative estimate of drug-likeness (QED) is 0.156. The zero-order chi connectivity index (χ0) is 65.5. The molecular weight excluding hydrogens is 1150 g/mol. The van der Waals surface area contributed by atoms with Crippen LogP contribution >= 0.6 is 0 Å². The first-order valence-electron chi connectivity index (χ1n) is 34.9. The van der Waals surface area contributed by atoms with Crippen molar-refractivity contribution < 1.29 is 0 Å². The Labute approximate surface area is 567 Å². The molecule has 13 aromatic carbocycles. The predicted molar refractivity (Wildman–Crippen MR) is 399 cm³/mol. The van der Waals surface area contributed by atoms with Crippen LogP contribution in [0.3, 0.4) is 0 Å². The zero-order valence-corrected chi connectivity index (χ0v) is 57.2. The largest absolute Gasteiger partial charge is 0.0713 e. The molecule has 0 bridgehead atoms. The first-order chi connectivity index (χ1) is 46.3. The molecule has 0 fully saturated rings. The summed E-state index contributed by atoms with van der Waals surface area (Å²) in [6.07, 6.45) is 0. The van der Waals surface area contributed by atoms with Gasteiger partial charge in [-0.2, -0.15) is 0 Å². The van der Waals surface area contributed by atoms with Crippen LogP contribution < -0.4 is 0 Å². The maximum Gasteiger partial charge on any atom is 0.0713 e. The second-order valence-electron chi connectivity index (χ2n) is 31.0. The fraction of sp³-hybridized carbons (Fsp3) is 0.188. The molecule has 0 aliphatic heterocycles. The molecule has 0 unspecified atom stereocenters. The molecule has 96 heavy (non-hydrogen) atoms. The predicted octanol–water partition coefficient (Wildman–Crippen LogP) is 23.5. The van der Waals surface area contributed by atoms with Crippen LogP contribution in [-0.2, 0) is 32.5 Å². The summed E-state index contributed by atoms with van der Waals surface area (Å²) in [6.45, 7) is 28.8. The molecule has 0 nitrogen and oxygen atoms in total. The molecule has 0 radical (unpaired) electrons. The van der Waals surface area contributed by atoms with Crippen LogP contribution in [0.15, 0.2) is 255 Å². The lowest BCUT2D eigenvalue weighted by molar-refractivity contribution is 0.598. The lowest BCUT2D eigenvalue weighted by atomic mass is 9.67. The van der Waals surface area contributed by atoms with Crippen molar-refractivity contribution in [3.8, 4) is 66.8 Å². The van der Waals surface area contributed by atoms with Crippen LogP contribution in [0.5, 0.6) is 0 Å². The van der Waals surface area contributed by atoms with Gasteiger partial charge in [0.05, 0.1) is 16.2 Å². The average Bonchev–Trinajstić information content (AvgIpc) is 1.48. The highest BCUT2D eigenvalue weighted by atomic mass is 14.6. The van der Waals surface area contributed by atoms with Gasteiger partial charge >= 0.3 is 0 Å². The third-order valence-electron chi connectivity index (χ3n) is 24.7. The first-order valence-corrected chi connectivity index (χ1v) is 34.9. The summed E-state index contributed by atoms with van der Waals surface area (Å²) in [4.78, 5) is 0. The number of fused-ring (bicyclic) bond motifs is 21. The lowest BCUT2D eigenvalue weighted by Gasteiger charge is -2.34. The Kier molecular flexibility index (Phi) is 11.5. The first kappa shape index (κ1) is 57.3. The molecule has 462 valence electrons. The van der Waals surface area contributed by atoms with Gasteiger partial charge in [0.2, 0.25) is 0 Å². The third-order valence-corrected chi connectivity index (χ3v) is 24.7. The van der Waals surface area contributed by atoms with Gasteiger partial charge in [0, 0.05) is 16.2 Å². The standard InChI is InChI=1S/C96H78/c1-55-25-37-61(38-26-55)94(62-39-27-56(2)28-40-62)76-22-16-13-19-67(76)70-49-79-73(52-82(70)94)85-86-74-53-83-71(68-20-14-17-23-77(68)95(83,63-41-29-57(3)30-42-63)64-43-31-58(4)32-44-64)50-80(74)92(9,10)89(86)90-87(88(85)91(79,7)8)75-54-84-72(51-81(75)93(90,11)12)69-21-15-18-24-78(69)96(84,65-45-33-59(5)34-46-65)66-47-35-60(6)36-48-66/h13-54H,1-12H3. The van der Waals surface area contributed by atoms with Crippen molar-refractivity contribution in [1.82, 2.24) is 0 Å². The summed E-state index contributed by atoms with van der Waals surface area (Å²) in [5, 5.41) is 0. The summed E-state index contributed by atoms with van der Waals surface area (Å²) >= 11 is 0. The van der Waals surface area contributed by atoms with Gasteiger partial charge in [-0.05, 0) is 245 Å². The highest BCUT2D eigenvalue weighted by molar-refractivity contribution is 6.09. The van der Waals surface area contributed by atoms with Crippen LogP contribution in [0, 0.1) is 41.5 Å². The smallest absolute Gasteiger partial charge is 0.0619 e. The maximum absolute atomic E-state index is 2.74. The minimum Gasteiger partial charge on any atom is -0.0619 e. The lowest BCUT2D eigenvalue weighted by Crippen LogP contribution is -2.29. The molecular formula is C96H78. The Morgan fingerprint density at radius 3 is 0.656 bits per heavy atom. The number of aryl methyl sites for hydroxylation is 6. The van der Waals surface area contributed by atoms with Crippen LogP contribution in [-0.4, -0.2) is 0 Å². The van der Waals surface area contributed by atoms with Crippen molar-refractivity contribution in [3.63, 3.8) is 0 Å². The van der Waals surface area contributed by atoms with E-state index in [4.69, 9.17) is 0 Å². The van der Waals surface area contributed by atoms with E-state index in [0.717, 1.165) is 0 Å². The Morgan fingerprint density at radius 1 is 0.177 bits per heavy atom. The minimum atomic E-state index is -0.597. The van der Waals surface area contributed by atoms with Crippen molar-refractivity contribution in [2.24, 2.45) is 0 Å². The second kappa shape index (κ2) is 19.3. The van der Waals surface area contributed by atoms with Gasteiger partial charge in [-0.1, -0.05) is 293 Å². The molecule has 0 saturated carbocycles. The Bertz CT molecular complexity index is 5410. The molecule has 0 heteroatoms. The van der Waals surface area contributed by atoms with Crippen molar-refractivity contribution in [2.75, 3.05) is 0 Å². The normalized spacial score (nSPS) is 16.6. The van der Waals surface area contributed by atoms with Gasteiger partial charge in [0.25, 0.3) is 0 Å². The van der Waals surface area contributed by atoms with Crippen molar-refractivity contribution >= 4 is 0 Å². The summed E-state index contributed by atoms with van der Waals surface area (Å²) in [5.41, 5.74) is 45.3. The molecule has 0 saturated heterocycles. The zero-order valence-electron chi connectivity index (χ0n) is 57.2. The maximum atomic E-state index is 2.74.